The Morgan fingerprint density at radius 1 is 1.19 bits per heavy atom. The van der Waals surface area contributed by atoms with E-state index in [0.29, 0.717) is 12.0 Å². The van der Waals surface area contributed by atoms with Crippen molar-refractivity contribution in [1.29, 1.82) is 0 Å². The zero-order valence-corrected chi connectivity index (χ0v) is 18.9. The monoisotopic (exact) mass is 474 g/mol. The molecule has 1 aliphatic heterocycles. The van der Waals surface area contributed by atoms with Crippen LogP contribution in [0, 0.1) is 5.92 Å². The van der Waals surface area contributed by atoms with Gasteiger partial charge in [0.2, 0.25) is 0 Å². The molecule has 0 spiro atoms. The highest BCUT2D eigenvalue weighted by atomic mass is 127. The number of aromatic nitrogens is 1. The first kappa shape index (κ1) is 23.1. The SMILES string of the molecule is CN=C(NCCc1ccccn1)NCC(C(C)C)N1CCN(C)CC1.I. The zero-order chi connectivity index (χ0) is 18.1. The van der Waals surface area contributed by atoms with Crippen molar-refractivity contribution in [1.82, 2.24) is 25.4 Å². The van der Waals surface area contributed by atoms with Crippen molar-refractivity contribution in [2.75, 3.05) is 53.4 Å². The predicted molar refractivity (Wildman–Crippen MR) is 120 cm³/mol. The Morgan fingerprint density at radius 2 is 1.92 bits per heavy atom. The van der Waals surface area contributed by atoms with Crippen LogP contribution in [0.3, 0.4) is 0 Å². The van der Waals surface area contributed by atoms with Gasteiger partial charge < -0.3 is 15.5 Å². The van der Waals surface area contributed by atoms with Gasteiger partial charge in [0.1, 0.15) is 0 Å². The summed E-state index contributed by atoms with van der Waals surface area (Å²) in [6, 6.07) is 6.56. The van der Waals surface area contributed by atoms with Crippen LogP contribution >= 0.6 is 24.0 Å². The predicted octanol–water partition coefficient (Wildman–Crippen LogP) is 1.68. The van der Waals surface area contributed by atoms with Crippen LogP contribution in [-0.2, 0) is 6.42 Å². The molecule has 0 radical (unpaired) electrons. The van der Waals surface area contributed by atoms with Gasteiger partial charge in [-0.15, -0.1) is 24.0 Å². The molecule has 2 heterocycles. The Morgan fingerprint density at radius 3 is 2.50 bits per heavy atom. The van der Waals surface area contributed by atoms with Gasteiger partial charge in [0.25, 0.3) is 0 Å². The van der Waals surface area contributed by atoms with Crippen LogP contribution in [0.25, 0.3) is 0 Å². The number of piperazine rings is 1. The van der Waals surface area contributed by atoms with Crippen LogP contribution in [-0.4, -0.2) is 80.1 Å². The van der Waals surface area contributed by atoms with Gasteiger partial charge in [-0.3, -0.25) is 14.9 Å². The third kappa shape index (κ3) is 7.75. The van der Waals surface area contributed by atoms with Crippen molar-refractivity contribution >= 4 is 29.9 Å². The van der Waals surface area contributed by atoms with E-state index in [2.05, 4.69) is 57.4 Å². The van der Waals surface area contributed by atoms with E-state index in [1.165, 1.54) is 0 Å². The molecule has 0 bridgehead atoms. The minimum absolute atomic E-state index is 0. The number of nitrogens with one attached hydrogen (secondary N) is 2. The maximum absolute atomic E-state index is 4.36. The third-order valence-corrected chi connectivity index (χ3v) is 4.88. The van der Waals surface area contributed by atoms with E-state index in [1.54, 1.807) is 0 Å². The van der Waals surface area contributed by atoms with E-state index in [4.69, 9.17) is 0 Å². The maximum Gasteiger partial charge on any atom is 0.191 e. The topological polar surface area (TPSA) is 55.8 Å². The molecule has 1 aromatic rings. The number of halogens is 1. The Balaban J connectivity index is 0.00000338. The van der Waals surface area contributed by atoms with Crippen LogP contribution in [0.5, 0.6) is 0 Å². The van der Waals surface area contributed by atoms with E-state index in [1.807, 2.05) is 25.4 Å². The number of pyridine rings is 1. The van der Waals surface area contributed by atoms with Crippen LogP contribution < -0.4 is 10.6 Å². The normalized spacial score (nSPS) is 17.7. The van der Waals surface area contributed by atoms with Gasteiger partial charge in [-0.1, -0.05) is 19.9 Å². The Hall–Kier alpha value is -0.930. The van der Waals surface area contributed by atoms with Gasteiger partial charge in [-0.2, -0.15) is 0 Å². The first-order valence-corrected chi connectivity index (χ1v) is 9.37. The number of likely N-dealkylation sites (N-methyl/N-ethyl adjacent to an activating group) is 1. The summed E-state index contributed by atoms with van der Waals surface area (Å²) < 4.78 is 0. The summed E-state index contributed by atoms with van der Waals surface area (Å²) in [5.41, 5.74) is 1.10. The van der Waals surface area contributed by atoms with Crippen molar-refractivity contribution in [3.63, 3.8) is 0 Å². The lowest BCUT2D eigenvalue weighted by atomic mass is 10.0. The van der Waals surface area contributed by atoms with Gasteiger partial charge in [-0.05, 0) is 25.1 Å². The third-order valence-electron chi connectivity index (χ3n) is 4.88. The standard InChI is InChI=1S/C19H34N6.HI/c1-16(2)18(25-13-11-24(4)12-14-25)15-23-19(20-3)22-10-8-17-7-5-6-9-21-17;/h5-7,9,16,18H,8,10-15H2,1-4H3,(H2,20,22,23);1H. The van der Waals surface area contributed by atoms with Crippen molar-refractivity contribution < 1.29 is 0 Å². The number of aliphatic imine (C=N–C) groups is 1. The fourth-order valence-electron chi connectivity index (χ4n) is 3.22. The Bertz CT molecular complexity index is 514. The van der Waals surface area contributed by atoms with E-state index in [-0.39, 0.29) is 24.0 Å². The molecule has 0 aromatic carbocycles. The van der Waals surface area contributed by atoms with Crippen LogP contribution in [0.15, 0.2) is 29.4 Å². The van der Waals surface area contributed by atoms with Crippen molar-refractivity contribution in [2.45, 2.75) is 26.3 Å². The number of guanidine groups is 1. The molecule has 2 rings (SSSR count). The lowest BCUT2D eigenvalue weighted by Gasteiger charge is -2.40. The second kappa shape index (κ2) is 12.5. The average Bonchev–Trinajstić information content (AvgIpc) is 2.62. The first-order valence-electron chi connectivity index (χ1n) is 9.37. The largest absolute Gasteiger partial charge is 0.356 e. The molecule has 26 heavy (non-hydrogen) atoms. The van der Waals surface area contributed by atoms with E-state index in [0.717, 1.165) is 57.3 Å². The highest BCUT2D eigenvalue weighted by molar-refractivity contribution is 14.0. The summed E-state index contributed by atoms with van der Waals surface area (Å²) in [7, 11) is 4.03. The van der Waals surface area contributed by atoms with E-state index >= 15 is 0 Å². The average molecular weight is 474 g/mol. The molecule has 0 saturated carbocycles. The highest BCUT2D eigenvalue weighted by Crippen LogP contribution is 2.12. The lowest BCUT2D eigenvalue weighted by molar-refractivity contribution is 0.0900. The number of rotatable bonds is 7. The van der Waals surface area contributed by atoms with Gasteiger partial charge in [0.15, 0.2) is 5.96 Å². The summed E-state index contributed by atoms with van der Waals surface area (Å²) in [5, 5.41) is 6.90. The molecule has 148 valence electrons. The van der Waals surface area contributed by atoms with Crippen LogP contribution in [0.4, 0.5) is 0 Å². The quantitative estimate of drug-likeness (QED) is 0.358. The van der Waals surface area contributed by atoms with Gasteiger partial charge in [-0.25, -0.2) is 0 Å². The van der Waals surface area contributed by atoms with Crippen molar-refractivity contribution in [3.05, 3.63) is 30.1 Å². The number of hydrogen-bond acceptors (Lipinski definition) is 4. The maximum atomic E-state index is 4.36. The molecule has 1 unspecified atom stereocenters. The highest BCUT2D eigenvalue weighted by Gasteiger charge is 2.24. The molecule has 1 saturated heterocycles. The second-order valence-electron chi connectivity index (χ2n) is 7.10. The molecule has 1 aliphatic rings. The summed E-state index contributed by atoms with van der Waals surface area (Å²) in [6.07, 6.45) is 2.74. The van der Waals surface area contributed by atoms with Gasteiger partial charge in [0, 0.05) is 70.7 Å². The summed E-state index contributed by atoms with van der Waals surface area (Å²) in [4.78, 5) is 13.7. The smallest absolute Gasteiger partial charge is 0.191 e. The molecule has 2 N–H and O–H groups in total. The first-order chi connectivity index (χ1) is 12.1. The summed E-state index contributed by atoms with van der Waals surface area (Å²) >= 11 is 0. The summed E-state index contributed by atoms with van der Waals surface area (Å²) in [5.74, 6) is 1.48. The number of nitrogens with zero attached hydrogens (tertiary/aromatic N) is 4. The minimum Gasteiger partial charge on any atom is -0.356 e. The van der Waals surface area contributed by atoms with Crippen molar-refractivity contribution in [3.8, 4) is 0 Å². The molecular weight excluding hydrogens is 439 g/mol. The molecule has 1 fully saturated rings. The fraction of sp³-hybridized carbons (Fsp3) is 0.684. The molecule has 0 amide bonds. The molecule has 1 atom stereocenters. The van der Waals surface area contributed by atoms with E-state index in [9.17, 15) is 0 Å². The Labute approximate surface area is 175 Å². The lowest BCUT2D eigenvalue weighted by Crippen LogP contribution is -2.55. The molecular formula is C19H35IN6. The molecule has 1 aromatic heterocycles. The second-order valence-corrected chi connectivity index (χ2v) is 7.10. The Kier molecular flexibility index (Phi) is 11.1. The van der Waals surface area contributed by atoms with Gasteiger partial charge in [0.05, 0.1) is 0 Å². The van der Waals surface area contributed by atoms with Crippen LogP contribution in [0.1, 0.15) is 19.5 Å². The molecule has 6 nitrogen and oxygen atoms in total. The minimum atomic E-state index is 0. The van der Waals surface area contributed by atoms with E-state index < -0.39 is 0 Å². The molecule has 7 heteroatoms. The van der Waals surface area contributed by atoms with Crippen LogP contribution in [0.2, 0.25) is 0 Å². The molecule has 0 aliphatic carbocycles. The number of hydrogen-bond donors (Lipinski definition) is 2. The fourth-order valence-corrected chi connectivity index (χ4v) is 3.22. The zero-order valence-electron chi connectivity index (χ0n) is 16.6. The summed E-state index contributed by atoms with van der Waals surface area (Å²) in [6.45, 7) is 11.0. The van der Waals surface area contributed by atoms with Crippen molar-refractivity contribution in [2.24, 2.45) is 10.9 Å². The van der Waals surface area contributed by atoms with Gasteiger partial charge >= 0.3 is 0 Å².